The summed E-state index contributed by atoms with van der Waals surface area (Å²) < 4.78 is 0. The van der Waals surface area contributed by atoms with Gasteiger partial charge in [-0.05, 0) is 37.6 Å². The van der Waals surface area contributed by atoms with Gasteiger partial charge < -0.3 is 5.32 Å². The smallest absolute Gasteiger partial charge is 0.126 e. The molecule has 0 aliphatic carbocycles. The number of nitrogens with one attached hydrogen (secondary N) is 1. The van der Waals surface area contributed by atoms with Crippen LogP contribution in [-0.2, 0) is 5.75 Å². The van der Waals surface area contributed by atoms with E-state index in [4.69, 9.17) is 11.6 Å². The first-order valence-corrected chi connectivity index (χ1v) is 7.49. The summed E-state index contributed by atoms with van der Waals surface area (Å²) in [6, 6.07) is 10.3. The maximum absolute atomic E-state index is 6.18. The van der Waals surface area contributed by atoms with Crippen LogP contribution < -0.4 is 5.32 Å². The van der Waals surface area contributed by atoms with Crippen LogP contribution in [0.4, 0.5) is 5.82 Å². The Labute approximate surface area is 123 Å². The third-order valence-corrected chi connectivity index (χ3v) is 4.40. The first-order chi connectivity index (χ1) is 9.10. The lowest BCUT2D eigenvalue weighted by molar-refractivity contribution is 1.16. The standard InChI is InChI=1S/C15H17ClN2S/c1-10-4-6-14(11(2)8-10)19-9-13-12(16)5-7-15(17-3)18-13/h4-8H,9H2,1-3H3,(H,17,18). The third-order valence-electron chi connectivity index (χ3n) is 2.87. The topological polar surface area (TPSA) is 24.9 Å². The van der Waals surface area contributed by atoms with Crippen molar-refractivity contribution in [2.45, 2.75) is 24.5 Å². The molecule has 0 amide bonds. The van der Waals surface area contributed by atoms with Gasteiger partial charge in [-0.2, -0.15) is 0 Å². The molecule has 0 bridgehead atoms. The first-order valence-electron chi connectivity index (χ1n) is 6.13. The summed E-state index contributed by atoms with van der Waals surface area (Å²) in [5, 5.41) is 3.75. The molecule has 1 aromatic heterocycles. The Morgan fingerprint density at radius 2 is 2.00 bits per heavy atom. The van der Waals surface area contributed by atoms with E-state index in [1.807, 2.05) is 19.2 Å². The summed E-state index contributed by atoms with van der Waals surface area (Å²) in [6.45, 7) is 4.24. The van der Waals surface area contributed by atoms with Gasteiger partial charge in [0.05, 0.1) is 10.7 Å². The summed E-state index contributed by atoms with van der Waals surface area (Å²) in [4.78, 5) is 5.77. The highest BCUT2D eigenvalue weighted by atomic mass is 35.5. The van der Waals surface area contributed by atoms with Crippen LogP contribution in [0.25, 0.3) is 0 Å². The van der Waals surface area contributed by atoms with E-state index in [1.165, 1.54) is 16.0 Å². The van der Waals surface area contributed by atoms with E-state index in [9.17, 15) is 0 Å². The molecule has 0 aliphatic heterocycles. The van der Waals surface area contributed by atoms with Gasteiger partial charge in [-0.1, -0.05) is 29.3 Å². The fourth-order valence-corrected chi connectivity index (χ4v) is 3.05. The normalized spacial score (nSPS) is 10.5. The molecule has 0 saturated carbocycles. The molecule has 2 rings (SSSR count). The molecule has 4 heteroatoms. The van der Waals surface area contributed by atoms with E-state index in [0.29, 0.717) is 0 Å². The Morgan fingerprint density at radius 1 is 1.21 bits per heavy atom. The molecule has 2 aromatic rings. The number of anilines is 1. The van der Waals surface area contributed by atoms with Gasteiger partial charge in [-0.3, -0.25) is 0 Å². The molecular formula is C15H17ClN2S. The van der Waals surface area contributed by atoms with Crippen LogP contribution in [-0.4, -0.2) is 12.0 Å². The largest absolute Gasteiger partial charge is 0.373 e. The van der Waals surface area contributed by atoms with Gasteiger partial charge in [0.15, 0.2) is 0 Å². The number of hydrogen-bond acceptors (Lipinski definition) is 3. The highest BCUT2D eigenvalue weighted by Gasteiger charge is 2.06. The van der Waals surface area contributed by atoms with Gasteiger partial charge in [0.2, 0.25) is 0 Å². The number of nitrogens with zero attached hydrogens (tertiary/aromatic N) is 1. The molecule has 0 radical (unpaired) electrons. The molecular weight excluding hydrogens is 276 g/mol. The third kappa shape index (κ3) is 3.64. The van der Waals surface area contributed by atoms with Crippen molar-refractivity contribution in [3.05, 3.63) is 52.2 Å². The molecule has 19 heavy (non-hydrogen) atoms. The fraction of sp³-hybridized carbons (Fsp3) is 0.267. The summed E-state index contributed by atoms with van der Waals surface area (Å²) in [6.07, 6.45) is 0. The van der Waals surface area contributed by atoms with Crippen molar-refractivity contribution in [1.82, 2.24) is 4.98 Å². The number of hydrogen-bond donors (Lipinski definition) is 1. The predicted molar refractivity (Wildman–Crippen MR) is 84.3 cm³/mol. The van der Waals surface area contributed by atoms with E-state index in [2.05, 4.69) is 42.3 Å². The molecule has 100 valence electrons. The van der Waals surface area contributed by atoms with E-state index in [0.717, 1.165) is 22.3 Å². The Kier molecular flexibility index (Phi) is 4.72. The van der Waals surface area contributed by atoms with Crippen LogP contribution in [0.3, 0.4) is 0 Å². The number of aromatic nitrogens is 1. The summed E-state index contributed by atoms with van der Waals surface area (Å²) >= 11 is 7.95. The molecule has 0 unspecified atom stereocenters. The Bertz CT molecular complexity index is 584. The quantitative estimate of drug-likeness (QED) is 0.828. The first kappa shape index (κ1) is 14.2. The van der Waals surface area contributed by atoms with Crippen LogP contribution in [0.1, 0.15) is 16.8 Å². The molecule has 0 fully saturated rings. The lowest BCUT2D eigenvalue weighted by Gasteiger charge is -2.08. The van der Waals surface area contributed by atoms with Crippen LogP contribution in [0.5, 0.6) is 0 Å². The van der Waals surface area contributed by atoms with Gasteiger partial charge in [0.1, 0.15) is 5.82 Å². The minimum Gasteiger partial charge on any atom is -0.373 e. The van der Waals surface area contributed by atoms with Crippen LogP contribution >= 0.6 is 23.4 Å². The number of pyridine rings is 1. The monoisotopic (exact) mass is 292 g/mol. The maximum Gasteiger partial charge on any atom is 0.126 e. The molecule has 2 nitrogen and oxygen atoms in total. The average molecular weight is 293 g/mol. The van der Waals surface area contributed by atoms with E-state index in [-0.39, 0.29) is 0 Å². The van der Waals surface area contributed by atoms with Crippen molar-refractivity contribution in [2.75, 3.05) is 12.4 Å². The number of benzene rings is 1. The van der Waals surface area contributed by atoms with Gasteiger partial charge in [-0.15, -0.1) is 11.8 Å². The van der Waals surface area contributed by atoms with Crippen molar-refractivity contribution < 1.29 is 0 Å². The van der Waals surface area contributed by atoms with Gasteiger partial charge in [0.25, 0.3) is 0 Å². The van der Waals surface area contributed by atoms with E-state index in [1.54, 1.807) is 11.8 Å². The zero-order valence-electron chi connectivity index (χ0n) is 11.3. The number of thioether (sulfide) groups is 1. The molecule has 1 N–H and O–H groups in total. The Morgan fingerprint density at radius 3 is 2.68 bits per heavy atom. The fourth-order valence-electron chi connectivity index (χ4n) is 1.83. The minimum atomic E-state index is 0.719. The maximum atomic E-state index is 6.18. The average Bonchev–Trinajstić information content (AvgIpc) is 2.39. The molecule has 0 spiro atoms. The minimum absolute atomic E-state index is 0.719. The second-order valence-corrected chi connectivity index (χ2v) is 5.86. The predicted octanol–water partition coefficient (Wildman–Crippen LogP) is 4.69. The molecule has 1 heterocycles. The van der Waals surface area contributed by atoms with Gasteiger partial charge >= 0.3 is 0 Å². The highest BCUT2D eigenvalue weighted by molar-refractivity contribution is 7.98. The van der Waals surface area contributed by atoms with Crippen LogP contribution in [0.15, 0.2) is 35.2 Å². The van der Waals surface area contributed by atoms with Crippen LogP contribution in [0.2, 0.25) is 5.02 Å². The zero-order chi connectivity index (χ0) is 13.8. The summed E-state index contributed by atoms with van der Waals surface area (Å²) in [5.74, 6) is 1.62. The molecule has 1 aromatic carbocycles. The lowest BCUT2D eigenvalue weighted by atomic mass is 10.2. The Hall–Kier alpha value is -1.19. The second-order valence-electron chi connectivity index (χ2n) is 4.43. The highest BCUT2D eigenvalue weighted by Crippen LogP contribution is 2.29. The summed E-state index contributed by atoms with van der Waals surface area (Å²) in [5.41, 5.74) is 3.50. The van der Waals surface area contributed by atoms with Crippen molar-refractivity contribution in [3.63, 3.8) is 0 Å². The van der Waals surface area contributed by atoms with Crippen LogP contribution in [0, 0.1) is 13.8 Å². The molecule has 0 saturated heterocycles. The van der Waals surface area contributed by atoms with Crippen molar-refractivity contribution in [3.8, 4) is 0 Å². The van der Waals surface area contributed by atoms with E-state index < -0.39 is 0 Å². The molecule has 0 atom stereocenters. The van der Waals surface area contributed by atoms with E-state index >= 15 is 0 Å². The number of aryl methyl sites for hydroxylation is 2. The SMILES string of the molecule is CNc1ccc(Cl)c(CSc2ccc(C)cc2C)n1. The number of rotatable bonds is 4. The van der Waals surface area contributed by atoms with Gasteiger partial charge in [-0.25, -0.2) is 4.98 Å². The lowest BCUT2D eigenvalue weighted by Crippen LogP contribution is -1.96. The zero-order valence-corrected chi connectivity index (χ0v) is 12.9. The Balaban J connectivity index is 2.14. The molecule has 0 aliphatic rings. The number of halogens is 1. The van der Waals surface area contributed by atoms with Crippen molar-refractivity contribution in [1.29, 1.82) is 0 Å². The van der Waals surface area contributed by atoms with Crippen molar-refractivity contribution in [2.24, 2.45) is 0 Å². The summed E-state index contributed by atoms with van der Waals surface area (Å²) in [7, 11) is 1.86. The van der Waals surface area contributed by atoms with Crippen molar-refractivity contribution >= 4 is 29.2 Å². The van der Waals surface area contributed by atoms with Gasteiger partial charge in [0, 0.05) is 17.7 Å². The second kappa shape index (κ2) is 6.31.